The van der Waals surface area contributed by atoms with Crippen LogP contribution in [0.4, 0.5) is 18.0 Å². The molecule has 1 saturated carbocycles. The summed E-state index contributed by atoms with van der Waals surface area (Å²) in [6, 6.07) is 0.852. The Morgan fingerprint density at radius 3 is 2.55 bits per heavy atom. The average molecular weight is 318 g/mol. The minimum atomic E-state index is -4.43. The number of nitrogens with zero attached hydrogens (tertiary/aromatic N) is 2. The molecule has 8 heteroatoms. The van der Waals surface area contributed by atoms with Crippen LogP contribution in [0.3, 0.4) is 0 Å². The van der Waals surface area contributed by atoms with Crippen LogP contribution in [0.15, 0.2) is 12.3 Å². The molecule has 2 amide bonds. The van der Waals surface area contributed by atoms with Gasteiger partial charge in [0.05, 0.1) is 6.54 Å². The molecule has 0 aliphatic heterocycles. The SMILES string of the molecule is O=C(NCCn1ccc(C(F)(F)F)n1)NC1CCCCCC1. The lowest BCUT2D eigenvalue weighted by Gasteiger charge is -2.16. The molecule has 0 spiro atoms. The zero-order chi connectivity index (χ0) is 16.0. The maximum absolute atomic E-state index is 12.4. The number of hydrogen-bond acceptors (Lipinski definition) is 2. The number of rotatable bonds is 4. The van der Waals surface area contributed by atoms with Crippen LogP contribution < -0.4 is 10.6 Å². The minimum absolute atomic E-state index is 0.198. The van der Waals surface area contributed by atoms with Crippen LogP contribution in [0.2, 0.25) is 0 Å². The van der Waals surface area contributed by atoms with Crippen LogP contribution in [-0.2, 0) is 12.7 Å². The van der Waals surface area contributed by atoms with E-state index in [9.17, 15) is 18.0 Å². The molecular weight excluding hydrogens is 297 g/mol. The van der Waals surface area contributed by atoms with Crippen LogP contribution in [-0.4, -0.2) is 28.4 Å². The number of carbonyl (C=O) groups excluding carboxylic acids is 1. The molecule has 0 saturated heterocycles. The van der Waals surface area contributed by atoms with Crippen LogP contribution in [0.5, 0.6) is 0 Å². The summed E-state index contributed by atoms with van der Waals surface area (Å²) in [5.74, 6) is 0. The van der Waals surface area contributed by atoms with E-state index in [-0.39, 0.29) is 25.2 Å². The highest BCUT2D eigenvalue weighted by atomic mass is 19.4. The molecular formula is C14H21F3N4O. The van der Waals surface area contributed by atoms with Crippen molar-refractivity contribution < 1.29 is 18.0 Å². The first kappa shape index (κ1) is 16.6. The van der Waals surface area contributed by atoms with E-state index >= 15 is 0 Å². The number of halogens is 3. The molecule has 0 aromatic carbocycles. The quantitative estimate of drug-likeness (QED) is 0.839. The van der Waals surface area contributed by atoms with E-state index in [1.165, 1.54) is 23.7 Å². The van der Waals surface area contributed by atoms with Gasteiger partial charge in [-0.1, -0.05) is 25.7 Å². The number of aromatic nitrogens is 2. The van der Waals surface area contributed by atoms with E-state index < -0.39 is 11.9 Å². The van der Waals surface area contributed by atoms with Crippen molar-refractivity contribution in [2.24, 2.45) is 0 Å². The molecule has 1 aromatic rings. The molecule has 1 aliphatic carbocycles. The number of hydrogen-bond donors (Lipinski definition) is 2. The Labute approximate surface area is 127 Å². The molecule has 5 nitrogen and oxygen atoms in total. The summed E-state index contributed by atoms with van der Waals surface area (Å²) < 4.78 is 38.3. The van der Waals surface area contributed by atoms with Crippen molar-refractivity contribution >= 4 is 6.03 Å². The molecule has 1 fully saturated rings. The first-order valence-electron chi connectivity index (χ1n) is 7.60. The van der Waals surface area contributed by atoms with E-state index in [1.54, 1.807) is 0 Å². The van der Waals surface area contributed by atoms with Gasteiger partial charge in [0.25, 0.3) is 0 Å². The third-order valence-corrected chi connectivity index (χ3v) is 3.75. The van der Waals surface area contributed by atoms with Crippen molar-refractivity contribution in [3.63, 3.8) is 0 Å². The summed E-state index contributed by atoms with van der Waals surface area (Å²) in [6.45, 7) is 0.436. The lowest BCUT2D eigenvalue weighted by Crippen LogP contribution is -2.42. The van der Waals surface area contributed by atoms with E-state index in [0.717, 1.165) is 31.7 Å². The maximum atomic E-state index is 12.4. The second kappa shape index (κ2) is 7.51. The fourth-order valence-corrected chi connectivity index (χ4v) is 2.58. The standard InChI is InChI=1S/C14H21F3N4O/c15-14(16,17)12-7-9-21(20-12)10-8-18-13(22)19-11-5-3-1-2-4-6-11/h7,9,11H,1-6,8,10H2,(H2,18,19,22). The van der Waals surface area contributed by atoms with Crippen molar-refractivity contribution in [2.45, 2.75) is 57.3 Å². The topological polar surface area (TPSA) is 59.0 Å². The van der Waals surface area contributed by atoms with Crippen LogP contribution in [0.1, 0.15) is 44.2 Å². The second-order valence-corrected chi connectivity index (χ2v) is 5.55. The van der Waals surface area contributed by atoms with E-state index in [1.807, 2.05) is 0 Å². The molecule has 2 rings (SSSR count). The first-order valence-corrected chi connectivity index (χ1v) is 7.60. The van der Waals surface area contributed by atoms with Crippen LogP contribution in [0, 0.1) is 0 Å². The minimum Gasteiger partial charge on any atom is -0.336 e. The molecule has 0 radical (unpaired) electrons. The largest absolute Gasteiger partial charge is 0.435 e. The highest BCUT2D eigenvalue weighted by molar-refractivity contribution is 5.74. The van der Waals surface area contributed by atoms with E-state index in [2.05, 4.69) is 15.7 Å². The van der Waals surface area contributed by atoms with Crippen molar-refractivity contribution in [3.05, 3.63) is 18.0 Å². The van der Waals surface area contributed by atoms with Crippen molar-refractivity contribution in [1.82, 2.24) is 20.4 Å². The summed E-state index contributed by atoms with van der Waals surface area (Å²) in [5, 5.41) is 9.00. The lowest BCUT2D eigenvalue weighted by molar-refractivity contribution is -0.141. The number of urea groups is 1. The van der Waals surface area contributed by atoms with Gasteiger partial charge in [0.1, 0.15) is 0 Å². The maximum Gasteiger partial charge on any atom is 0.435 e. The molecule has 22 heavy (non-hydrogen) atoms. The first-order chi connectivity index (χ1) is 10.4. The fourth-order valence-electron chi connectivity index (χ4n) is 2.58. The van der Waals surface area contributed by atoms with Gasteiger partial charge in [-0.3, -0.25) is 4.68 Å². The third kappa shape index (κ3) is 5.23. The normalized spacial score (nSPS) is 17.0. The summed E-state index contributed by atoms with van der Waals surface area (Å²) in [6.07, 6.45) is 3.46. The summed E-state index contributed by atoms with van der Waals surface area (Å²) in [7, 11) is 0. The second-order valence-electron chi connectivity index (χ2n) is 5.55. The van der Waals surface area contributed by atoms with Crippen LogP contribution in [0.25, 0.3) is 0 Å². The van der Waals surface area contributed by atoms with E-state index in [4.69, 9.17) is 0 Å². The molecule has 2 N–H and O–H groups in total. The predicted molar refractivity (Wildman–Crippen MR) is 75.3 cm³/mol. The van der Waals surface area contributed by atoms with Gasteiger partial charge in [-0.2, -0.15) is 18.3 Å². The highest BCUT2D eigenvalue weighted by Gasteiger charge is 2.33. The summed E-state index contributed by atoms with van der Waals surface area (Å²) in [5.41, 5.74) is -0.921. The van der Waals surface area contributed by atoms with Gasteiger partial charge in [-0.05, 0) is 18.9 Å². The van der Waals surface area contributed by atoms with E-state index in [0.29, 0.717) is 0 Å². The number of nitrogens with one attached hydrogen (secondary N) is 2. The number of amides is 2. The van der Waals surface area contributed by atoms with Gasteiger partial charge < -0.3 is 10.6 Å². The Hall–Kier alpha value is -1.73. The van der Waals surface area contributed by atoms with Gasteiger partial charge in [0, 0.05) is 18.8 Å². The monoisotopic (exact) mass is 318 g/mol. The Bertz CT molecular complexity index is 479. The molecule has 124 valence electrons. The van der Waals surface area contributed by atoms with Crippen molar-refractivity contribution in [1.29, 1.82) is 0 Å². The number of alkyl halides is 3. The fraction of sp³-hybridized carbons (Fsp3) is 0.714. The van der Waals surface area contributed by atoms with Crippen LogP contribution >= 0.6 is 0 Å². The van der Waals surface area contributed by atoms with Crippen molar-refractivity contribution in [2.75, 3.05) is 6.54 Å². The molecule has 0 unspecified atom stereocenters. The summed E-state index contributed by atoms with van der Waals surface area (Å²) >= 11 is 0. The van der Waals surface area contributed by atoms with Gasteiger partial charge in [0.2, 0.25) is 0 Å². The van der Waals surface area contributed by atoms with Gasteiger partial charge in [-0.15, -0.1) is 0 Å². The predicted octanol–water partition coefficient (Wildman–Crippen LogP) is 2.92. The highest BCUT2D eigenvalue weighted by Crippen LogP contribution is 2.27. The Morgan fingerprint density at radius 2 is 1.95 bits per heavy atom. The molecule has 1 heterocycles. The molecule has 0 atom stereocenters. The van der Waals surface area contributed by atoms with Gasteiger partial charge in [-0.25, -0.2) is 4.79 Å². The molecule has 1 aliphatic rings. The average Bonchev–Trinajstić information content (AvgIpc) is 2.77. The smallest absolute Gasteiger partial charge is 0.336 e. The Kier molecular flexibility index (Phi) is 5.68. The third-order valence-electron chi connectivity index (χ3n) is 3.75. The lowest BCUT2D eigenvalue weighted by atomic mass is 10.1. The molecule has 0 bridgehead atoms. The Morgan fingerprint density at radius 1 is 1.27 bits per heavy atom. The Balaban J connectivity index is 1.69. The van der Waals surface area contributed by atoms with Crippen molar-refractivity contribution in [3.8, 4) is 0 Å². The molecule has 1 aromatic heterocycles. The zero-order valence-electron chi connectivity index (χ0n) is 12.3. The van der Waals surface area contributed by atoms with Gasteiger partial charge >= 0.3 is 12.2 Å². The van der Waals surface area contributed by atoms with Gasteiger partial charge in [0.15, 0.2) is 5.69 Å². The zero-order valence-corrected chi connectivity index (χ0v) is 12.3. The summed E-state index contributed by atoms with van der Waals surface area (Å²) in [4.78, 5) is 11.7. The number of carbonyl (C=O) groups is 1.